The van der Waals surface area contributed by atoms with Gasteiger partial charge in [-0.05, 0) is 31.5 Å². The maximum Gasteiger partial charge on any atom is 0.306 e. The second-order valence-corrected chi connectivity index (χ2v) is 6.13. The lowest BCUT2D eigenvalue weighted by Crippen LogP contribution is -2.41. The summed E-state index contributed by atoms with van der Waals surface area (Å²) in [6, 6.07) is 4.59. The molecule has 0 saturated heterocycles. The quantitative estimate of drug-likeness (QED) is 0.581. The van der Waals surface area contributed by atoms with Gasteiger partial charge in [0, 0.05) is 24.9 Å². The maximum absolute atomic E-state index is 12.4. The molecule has 0 saturated carbocycles. The van der Waals surface area contributed by atoms with Gasteiger partial charge in [-0.3, -0.25) is 34.6 Å². The molecule has 9 heteroatoms. The first-order valence-corrected chi connectivity index (χ1v) is 8.78. The Morgan fingerprint density at radius 3 is 2.81 bits per heavy atom. The lowest BCUT2D eigenvalue weighted by atomic mass is 10.1. The minimum Gasteiger partial charge on any atom is -0.466 e. The molecule has 2 N–H and O–H groups in total. The van der Waals surface area contributed by atoms with E-state index in [1.165, 1.54) is 12.1 Å². The second kappa shape index (κ2) is 7.98. The molecule has 3 rings (SSSR count). The molecule has 0 bridgehead atoms. The van der Waals surface area contributed by atoms with E-state index in [0.29, 0.717) is 17.4 Å². The van der Waals surface area contributed by atoms with E-state index in [-0.39, 0.29) is 30.6 Å². The Hall–Kier alpha value is -3.23. The lowest BCUT2D eigenvalue weighted by Gasteiger charge is -2.09. The van der Waals surface area contributed by atoms with E-state index < -0.39 is 17.8 Å². The SMILES string of the molecule is CCOC(=O)CCC(=O)NNC(=O)c1ccc2c(=O)n3c(nc2c1)CCC3. The first-order valence-electron chi connectivity index (χ1n) is 8.78. The van der Waals surface area contributed by atoms with Gasteiger partial charge in [-0.25, -0.2) is 4.98 Å². The number of aromatic nitrogens is 2. The number of benzene rings is 1. The second-order valence-electron chi connectivity index (χ2n) is 6.13. The Morgan fingerprint density at radius 1 is 1.22 bits per heavy atom. The molecule has 0 radical (unpaired) electrons. The lowest BCUT2D eigenvalue weighted by molar-refractivity contribution is -0.144. The van der Waals surface area contributed by atoms with E-state index in [4.69, 9.17) is 4.74 Å². The fourth-order valence-corrected chi connectivity index (χ4v) is 2.93. The van der Waals surface area contributed by atoms with E-state index in [9.17, 15) is 19.2 Å². The highest BCUT2D eigenvalue weighted by atomic mass is 16.5. The number of esters is 1. The number of carbonyl (C=O) groups is 3. The van der Waals surface area contributed by atoms with Crippen LogP contribution in [0.2, 0.25) is 0 Å². The van der Waals surface area contributed by atoms with Crippen LogP contribution < -0.4 is 16.4 Å². The zero-order valence-corrected chi connectivity index (χ0v) is 14.9. The Morgan fingerprint density at radius 2 is 2.04 bits per heavy atom. The Balaban J connectivity index is 1.64. The average molecular weight is 372 g/mol. The van der Waals surface area contributed by atoms with Crippen LogP contribution in [-0.4, -0.2) is 33.9 Å². The summed E-state index contributed by atoms with van der Waals surface area (Å²) in [5.41, 5.74) is 5.15. The van der Waals surface area contributed by atoms with Gasteiger partial charge >= 0.3 is 5.97 Å². The molecule has 1 aliphatic rings. The molecule has 9 nitrogen and oxygen atoms in total. The van der Waals surface area contributed by atoms with Crippen LogP contribution in [0.5, 0.6) is 0 Å². The highest BCUT2D eigenvalue weighted by Crippen LogP contribution is 2.16. The van der Waals surface area contributed by atoms with Crippen molar-refractivity contribution in [3.05, 3.63) is 39.9 Å². The smallest absolute Gasteiger partial charge is 0.306 e. The van der Waals surface area contributed by atoms with Crippen molar-refractivity contribution in [1.29, 1.82) is 0 Å². The van der Waals surface area contributed by atoms with E-state index in [1.807, 2.05) is 0 Å². The molecule has 2 heterocycles. The molecule has 142 valence electrons. The summed E-state index contributed by atoms with van der Waals surface area (Å²) in [6.45, 7) is 2.59. The Labute approximate surface area is 154 Å². The summed E-state index contributed by atoms with van der Waals surface area (Å²) in [6.07, 6.45) is 1.45. The molecule has 27 heavy (non-hydrogen) atoms. The number of ether oxygens (including phenoxy) is 1. The van der Waals surface area contributed by atoms with Gasteiger partial charge in [0.1, 0.15) is 5.82 Å². The van der Waals surface area contributed by atoms with Gasteiger partial charge in [0.05, 0.1) is 23.9 Å². The molecule has 2 amide bonds. The first-order chi connectivity index (χ1) is 13.0. The highest BCUT2D eigenvalue weighted by molar-refractivity contribution is 5.98. The van der Waals surface area contributed by atoms with Crippen LogP contribution in [0, 0.1) is 0 Å². The topological polar surface area (TPSA) is 119 Å². The predicted molar refractivity (Wildman–Crippen MR) is 95.8 cm³/mol. The molecule has 0 atom stereocenters. The van der Waals surface area contributed by atoms with Crippen LogP contribution in [0.3, 0.4) is 0 Å². The van der Waals surface area contributed by atoms with Gasteiger partial charge < -0.3 is 4.74 Å². The Bertz CT molecular complexity index is 966. The third kappa shape index (κ3) is 4.13. The van der Waals surface area contributed by atoms with E-state index >= 15 is 0 Å². The Kier molecular flexibility index (Phi) is 5.49. The molecule has 0 fully saturated rings. The van der Waals surface area contributed by atoms with Gasteiger partial charge in [0.2, 0.25) is 5.91 Å². The van der Waals surface area contributed by atoms with Crippen molar-refractivity contribution in [3.63, 3.8) is 0 Å². The van der Waals surface area contributed by atoms with Gasteiger partial charge in [-0.1, -0.05) is 0 Å². The fraction of sp³-hybridized carbons (Fsp3) is 0.389. The summed E-state index contributed by atoms with van der Waals surface area (Å²) in [5.74, 6) is -0.800. The van der Waals surface area contributed by atoms with Crippen molar-refractivity contribution in [2.24, 2.45) is 0 Å². The molecule has 2 aromatic rings. The molecule has 0 spiro atoms. The van der Waals surface area contributed by atoms with Crippen LogP contribution in [0.1, 0.15) is 42.4 Å². The normalized spacial score (nSPS) is 12.5. The number of amides is 2. The number of hydrazine groups is 1. The number of aryl methyl sites for hydroxylation is 1. The third-order valence-electron chi connectivity index (χ3n) is 4.26. The number of fused-ring (bicyclic) bond motifs is 2. The van der Waals surface area contributed by atoms with Crippen LogP contribution in [0.15, 0.2) is 23.0 Å². The molecular formula is C18H20N4O5. The summed E-state index contributed by atoms with van der Waals surface area (Å²) >= 11 is 0. The number of hydrogen-bond donors (Lipinski definition) is 2. The van der Waals surface area contributed by atoms with Crippen LogP contribution in [0.25, 0.3) is 10.9 Å². The number of rotatable bonds is 5. The number of nitrogens with zero attached hydrogens (tertiary/aromatic N) is 2. The standard InChI is InChI=1S/C18H20N4O5/c1-2-27-16(24)8-7-15(23)20-21-17(25)11-5-6-12-13(10-11)19-14-4-3-9-22(14)18(12)26/h5-6,10H,2-4,7-9H2,1H3,(H,20,23)(H,21,25). The van der Waals surface area contributed by atoms with Gasteiger partial charge in [0.15, 0.2) is 0 Å². The molecule has 0 aliphatic carbocycles. The molecule has 1 aliphatic heterocycles. The van der Waals surface area contributed by atoms with Crippen molar-refractivity contribution in [2.45, 2.75) is 39.2 Å². The van der Waals surface area contributed by atoms with Gasteiger partial charge in [-0.2, -0.15) is 0 Å². The zero-order chi connectivity index (χ0) is 19.4. The van der Waals surface area contributed by atoms with E-state index in [2.05, 4.69) is 15.8 Å². The minimum atomic E-state index is -0.538. The molecule has 1 aromatic heterocycles. The van der Waals surface area contributed by atoms with Crippen molar-refractivity contribution in [1.82, 2.24) is 20.4 Å². The molecular weight excluding hydrogens is 352 g/mol. The van der Waals surface area contributed by atoms with Crippen molar-refractivity contribution in [3.8, 4) is 0 Å². The van der Waals surface area contributed by atoms with Crippen LogP contribution in [-0.2, 0) is 27.3 Å². The number of hydrogen-bond acceptors (Lipinski definition) is 6. The molecule has 1 aromatic carbocycles. The summed E-state index contributed by atoms with van der Waals surface area (Å²) in [4.78, 5) is 52.0. The largest absolute Gasteiger partial charge is 0.466 e. The van der Waals surface area contributed by atoms with Crippen molar-refractivity contribution < 1.29 is 19.1 Å². The first kappa shape index (κ1) is 18.6. The minimum absolute atomic E-state index is 0.0650. The monoisotopic (exact) mass is 372 g/mol. The summed E-state index contributed by atoms with van der Waals surface area (Å²) in [7, 11) is 0. The van der Waals surface area contributed by atoms with Crippen LogP contribution in [0.4, 0.5) is 0 Å². The van der Waals surface area contributed by atoms with Gasteiger partial charge in [-0.15, -0.1) is 0 Å². The number of nitrogens with one attached hydrogen (secondary N) is 2. The summed E-state index contributed by atoms with van der Waals surface area (Å²) in [5, 5.41) is 0.454. The molecule has 0 unspecified atom stereocenters. The van der Waals surface area contributed by atoms with Crippen molar-refractivity contribution in [2.75, 3.05) is 6.61 Å². The van der Waals surface area contributed by atoms with E-state index in [0.717, 1.165) is 18.7 Å². The third-order valence-corrected chi connectivity index (χ3v) is 4.26. The predicted octanol–water partition coefficient (Wildman–Crippen LogP) is 0.447. The average Bonchev–Trinajstić information content (AvgIpc) is 3.13. The fourth-order valence-electron chi connectivity index (χ4n) is 2.93. The van der Waals surface area contributed by atoms with Crippen LogP contribution >= 0.6 is 0 Å². The van der Waals surface area contributed by atoms with E-state index in [1.54, 1.807) is 17.6 Å². The van der Waals surface area contributed by atoms with Gasteiger partial charge in [0.25, 0.3) is 11.5 Å². The maximum atomic E-state index is 12.4. The number of carbonyl (C=O) groups excluding carboxylic acids is 3. The van der Waals surface area contributed by atoms with Crippen molar-refractivity contribution >= 4 is 28.7 Å². The zero-order valence-electron chi connectivity index (χ0n) is 14.9. The summed E-state index contributed by atoms with van der Waals surface area (Å²) < 4.78 is 6.39. The highest BCUT2D eigenvalue weighted by Gasteiger charge is 2.17.